The smallest absolute Gasteiger partial charge is 0.230 e. The summed E-state index contributed by atoms with van der Waals surface area (Å²) in [6, 6.07) is 8.41. The molecule has 0 aliphatic carbocycles. The lowest BCUT2D eigenvalue weighted by Crippen LogP contribution is -2.21. The van der Waals surface area contributed by atoms with Gasteiger partial charge in [-0.2, -0.15) is 0 Å². The summed E-state index contributed by atoms with van der Waals surface area (Å²) in [7, 11) is 5.41. The largest absolute Gasteiger partial charge is 0.496 e. The van der Waals surface area contributed by atoms with Gasteiger partial charge in [0.15, 0.2) is 0 Å². The number of nitrogens with zero attached hydrogens (tertiary/aromatic N) is 2. The molecule has 144 valence electrons. The summed E-state index contributed by atoms with van der Waals surface area (Å²) in [5.74, 6) is 2.90. The second-order valence-corrected chi connectivity index (χ2v) is 7.58. The topological polar surface area (TPSA) is 47.7 Å². The van der Waals surface area contributed by atoms with Crippen molar-refractivity contribution in [3.63, 3.8) is 0 Å². The summed E-state index contributed by atoms with van der Waals surface area (Å²) in [6.45, 7) is 6.84. The third-order valence-corrected chi connectivity index (χ3v) is 5.96. The molecular weight excluding hydrogens is 360 g/mol. The molecule has 0 aliphatic heterocycles. The molecule has 1 aromatic carbocycles. The van der Waals surface area contributed by atoms with E-state index < -0.39 is 0 Å². The van der Waals surface area contributed by atoms with Gasteiger partial charge in [-0.25, -0.2) is 4.98 Å². The summed E-state index contributed by atoms with van der Waals surface area (Å²) in [6.07, 6.45) is 0. The van der Waals surface area contributed by atoms with Gasteiger partial charge in [0.25, 0.3) is 0 Å². The Morgan fingerprint density at radius 3 is 2.59 bits per heavy atom. The van der Waals surface area contributed by atoms with Crippen molar-refractivity contribution in [2.24, 2.45) is 0 Å². The molecule has 0 fully saturated rings. The van der Waals surface area contributed by atoms with Gasteiger partial charge in [0.1, 0.15) is 17.3 Å². The van der Waals surface area contributed by atoms with E-state index in [2.05, 4.69) is 36.4 Å². The number of oxazole rings is 1. The van der Waals surface area contributed by atoms with Crippen LogP contribution in [-0.2, 0) is 6.54 Å². The van der Waals surface area contributed by atoms with E-state index in [1.54, 1.807) is 25.6 Å². The standard InChI is InChI=1S/C21H26N2O3S/c1-13-18(24-5)10-9-16(20(13)25-6)21-22-17(15(3)26-21)12-23(4)14(2)19-8-7-11-27-19/h7-11,14H,12H2,1-6H3/t14-/m1/s1. The number of ether oxygens (including phenoxy) is 2. The molecule has 27 heavy (non-hydrogen) atoms. The second-order valence-electron chi connectivity index (χ2n) is 6.60. The summed E-state index contributed by atoms with van der Waals surface area (Å²) >= 11 is 1.77. The molecule has 0 N–H and O–H groups in total. The SMILES string of the molecule is COc1ccc(-c2nc(CN(C)[C@H](C)c3cccs3)c(C)o2)c(OC)c1C. The molecule has 0 unspecified atom stereocenters. The van der Waals surface area contributed by atoms with Crippen molar-refractivity contribution in [1.29, 1.82) is 0 Å². The fraction of sp³-hybridized carbons (Fsp3) is 0.381. The van der Waals surface area contributed by atoms with Crippen LogP contribution in [0.4, 0.5) is 0 Å². The third-order valence-electron chi connectivity index (χ3n) is 4.92. The van der Waals surface area contributed by atoms with Crippen LogP contribution >= 0.6 is 11.3 Å². The van der Waals surface area contributed by atoms with Crippen LogP contribution < -0.4 is 9.47 Å². The molecule has 1 atom stereocenters. The van der Waals surface area contributed by atoms with E-state index in [9.17, 15) is 0 Å². The molecule has 0 bridgehead atoms. The second kappa shape index (κ2) is 8.15. The molecule has 0 spiro atoms. The van der Waals surface area contributed by atoms with Crippen molar-refractivity contribution in [1.82, 2.24) is 9.88 Å². The van der Waals surface area contributed by atoms with Gasteiger partial charge in [-0.15, -0.1) is 11.3 Å². The fourth-order valence-electron chi connectivity index (χ4n) is 3.14. The molecule has 5 nitrogen and oxygen atoms in total. The first-order valence-corrected chi connectivity index (χ1v) is 9.76. The first-order valence-electron chi connectivity index (χ1n) is 8.88. The maximum Gasteiger partial charge on any atom is 0.230 e. The van der Waals surface area contributed by atoms with Gasteiger partial charge in [-0.1, -0.05) is 6.07 Å². The Morgan fingerprint density at radius 1 is 1.19 bits per heavy atom. The molecule has 2 aromatic heterocycles. The number of aromatic nitrogens is 1. The van der Waals surface area contributed by atoms with Gasteiger partial charge in [0, 0.05) is 23.0 Å². The Morgan fingerprint density at radius 2 is 1.96 bits per heavy atom. The Balaban J connectivity index is 1.88. The van der Waals surface area contributed by atoms with Gasteiger partial charge < -0.3 is 13.9 Å². The Labute approximate surface area is 164 Å². The molecular formula is C21H26N2O3S. The van der Waals surface area contributed by atoms with Gasteiger partial charge >= 0.3 is 0 Å². The summed E-state index contributed by atoms with van der Waals surface area (Å²) < 4.78 is 17.0. The van der Waals surface area contributed by atoms with E-state index in [1.165, 1.54) is 4.88 Å². The molecule has 3 aromatic rings. The zero-order chi connectivity index (χ0) is 19.6. The van der Waals surface area contributed by atoms with E-state index in [0.29, 0.717) is 18.5 Å². The van der Waals surface area contributed by atoms with E-state index in [-0.39, 0.29) is 0 Å². The first-order chi connectivity index (χ1) is 13.0. The monoisotopic (exact) mass is 386 g/mol. The maximum atomic E-state index is 5.99. The number of hydrogen-bond donors (Lipinski definition) is 0. The number of thiophene rings is 1. The summed E-state index contributed by atoms with van der Waals surface area (Å²) in [5.41, 5.74) is 2.70. The fourth-order valence-corrected chi connectivity index (χ4v) is 3.98. The van der Waals surface area contributed by atoms with Crippen molar-refractivity contribution in [3.05, 3.63) is 51.5 Å². The van der Waals surface area contributed by atoms with Crippen molar-refractivity contribution in [2.45, 2.75) is 33.4 Å². The van der Waals surface area contributed by atoms with Gasteiger partial charge in [-0.05, 0) is 51.4 Å². The van der Waals surface area contributed by atoms with E-state index in [1.807, 2.05) is 26.0 Å². The van der Waals surface area contributed by atoms with Crippen molar-refractivity contribution < 1.29 is 13.9 Å². The normalized spacial score (nSPS) is 12.4. The maximum absolute atomic E-state index is 5.99. The number of hydrogen-bond acceptors (Lipinski definition) is 6. The lowest BCUT2D eigenvalue weighted by molar-refractivity contribution is 0.252. The van der Waals surface area contributed by atoms with Crippen LogP contribution in [0.25, 0.3) is 11.5 Å². The highest BCUT2D eigenvalue weighted by atomic mass is 32.1. The predicted molar refractivity (Wildman–Crippen MR) is 109 cm³/mol. The van der Waals surface area contributed by atoms with Gasteiger partial charge in [0.05, 0.1) is 25.5 Å². The molecule has 0 radical (unpaired) electrons. The van der Waals surface area contributed by atoms with Crippen LogP contribution in [0, 0.1) is 13.8 Å². The molecule has 0 saturated carbocycles. The first kappa shape index (κ1) is 19.5. The van der Waals surface area contributed by atoms with Crippen LogP contribution in [-0.4, -0.2) is 31.2 Å². The zero-order valence-corrected chi connectivity index (χ0v) is 17.5. The quantitative estimate of drug-likeness (QED) is 0.556. The Bertz CT molecular complexity index is 903. The summed E-state index contributed by atoms with van der Waals surface area (Å²) in [4.78, 5) is 8.38. The van der Waals surface area contributed by atoms with Crippen molar-refractivity contribution in [3.8, 4) is 23.0 Å². The molecule has 2 heterocycles. The predicted octanol–water partition coefficient (Wildman–Crippen LogP) is 5.23. The highest BCUT2D eigenvalue weighted by molar-refractivity contribution is 7.10. The van der Waals surface area contributed by atoms with Crippen molar-refractivity contribution >= 4 is 11.3 Å². The van der Waals surface area contributed by atoms with Crippen LogP contribution in [0.5, 0.6) is 11.5 Å². The highest BCUT2D eigenvalue weighted by Gasteiger charge is 2.21. The minimum atomic E-state index is 0.322. The van der Waals surface area contributed by atoms with Crippen molar-refractivity contribution in [2.75, 3.05) is 21.3 Å². The molecule has 0 aliphatic rings. The molecule has 3 rings (SSSR count). The number of aryl methyl sites for hydroxylation is 1. The summed E-state index contributed by atoms with van der Waals surface area (Å²) in [5, 5.41) is 2.11. The molecule has 6 heteroatoms. The minimum absolute atomic E-state index is 0.322. The van der Waals surface area contributed by atoms with E-state index in [0.717, 1.165) is 34.1 Å². The zero-order valence-electron chi connectivity index (χ0n) is 16.7. The number of benzene rings is 1. The Kier molecular flexibility index (Phi) is 5.87. The molecule has 0 saturated heterocycles. The third kappa shape index (κ3) is 3.87. The van der Waals surface area contributed by atoms with Crippen LogP contribution in [0.1, 0.15) is 34.9 Å². The van der Waals surface area contributed by atoms with E-state index >= 15 is 0 Å². The highest BCUT2D eigenvalue weighted by Crippen LogP contribution is 2.38. The van der Waals surface area contributed by atoms with Gasteiger partial charge in [-0.3, -0.25) is 4.90 Å². The molecule has 0 amide bonds. The lowest BCUT2D eigenvalue weighted by atomic mass is 10.1. The number of methoxy groups -OCH3 is 2. The number of rotatable bonds is 7. The average Bonchev–Trinajstić information content (AvgIpc) is 3.31. The van der Waals surface area contributed by atoms with Crippen LogP contribution in [0.2, 0.25) is 0 Å². The lowest BCUT2D eigenvalue weighted by Gasteiger charge is -2.22. The van der Waals surface area contributed by atoms with Gasteiger partial charge in [0.2, 0.25) is 5.89 Å². The van der Waals surface area contributed by atoms with E-state index in [4.69, 9.17) is 18.9 Å². The average molecular weight is 387 g/mol. The van der Waals surface area contributed by atoms with Crippen LogP contribution in [0.15, 0.2) is 34.1 Å². The minimum Gasteiger partial charge on any atom is -0.496 e. The Hall–Kier alpha value is -2.31. The van der Waals surface area contributed by atoms with Crippen LogP contribution in [0.3, 0.4) is 0 Å².